The predicted molar refractivity (Wildman–Crippen MR) is 78.0 cm³/mol. The molecule has 2 aromatic rings. The van der Waals surface area contributed by atoms with Crippen LogP contribution in [0.2, 0.25) is 5.02 Å². The smallest absolute Gasteiger partial charge is 0.124 e. The number of nitrogens with one attached hydrogen (secondary N) is 1. The van der Waals surface area contributed by atoms with Gasteiger partial charge in [-0.1, -0.05) is 35.9 Å². The monoisotopic (exact) mass is 278 g/mol. The van der Waals surface area contributed by atoms with Crippen molar-refractivity contribution in [3.63, 3.8) is 0 Å². The topological polar surface area (TPSA) is 38.0 Å². The Balaban J connectivity index is 2.28. The van der Waals surface area contributed by atoms with Crippen LogP contribution in [0.25, 0.3) is 0 Å². The Bertz CT molecular complexity index is 572. The van der Waals surface area contributed by atoms with Crippen LogP contribution >= 0.6 is 11.6 Å². The van der Waals surface area contributed by atoms with Gasteiger partial charge in [-0.25, -0.2) is 4.39 Å². The van der Waals surface area contributed by atoms with E-state index in [9.17, 15) is 4.39 Å². The molecule has 0 aliphatic rings. The number of anilines is 1. The molecule has 0 aromatic heterocycles. The van der Waals surface area contributed by atoms with Gasteiger partial charge in [0.25, 0.3) is 0 Å². The molecule has 100 valence electrons. The Labute approximate surface area is 117 Å². The Morgan fingerprint density at radius 3 is 2.63 bits per heavy atom. The first-order chi connectivity index (χ1) is 9.11. The molecule has 19 heavy (non-hydrogen) atoms. The Morgan fingerprint density at radius 1 is 1.26 bits per heavy atom. The Morgan fingerprint density at radius 2 is 2.00 bits per heavy atom. The molecule has 2 aromatic carbocycles. The minimum Gasteiger partial charge on any atom is -0.377 e. The van der Waals surface area contributed by atoms with E-state index >= 15 is 0 Å². The van der Waals surface area contributed by atoms with Gasteiger partial charge in [0.15, 0.2) is 0 Å². The van der Waals surface area contributed by atoms with E-state index in [1.54, 1.807) is 6.07 Å². The Kier molecular flexibility index (Phi) is 4.40. The van der Waals surface area contributed by atoms with Crippen LogP contribution in [0, 0.1) is 12.7 Å². The fourth-order valence-corrected chi connectivity index (χ4v) is 2.27. The largest absolute Gasteiger partial charge is 0.377 e. The van der Waals surface area contributed by atoms with Crippen molar-refractivity contribution in [1.82, 2.24) is 0 Å². The third-order valence-electron chi connectivity index (χ3n) is 3.05. The zero-order chi connectivity index (χ0) is 13.8. The molecule has 0 spiro atoms. The summed E-state index contributed by atoms with van der Waals surface area (Å²) in [6, 6.07) is 12.1. The van der Waals surface area contributed by atoms with Gasteiger partial charge in [-0.05, 0) is 36.2 Å². The molecule has 0 aliphatic heterocycles. The van der Waals surface area contributed by atoms with E-state index < -0.39 is 0 Å². The molecule has 2 rings (SSSR count). The van der Waals surface area contributed by atoms with Crippen LogP contribution in [0.4, 0.5) is 10.1 Å². The van der Waals surface area contributed by atoms with Crippen molar-refractivity contribution >= 4 is 17.3 Å². The fraction of sp³-hybridized carbons (Fsp3) is 0.200. The molecule has 1 unspecified atom stereocenters. The summed E-state index contributed by atoms with van der Waals surface area (Å²) in [6.45, 7) is 2.39. The minimum atomic E-state index is -0.347. The van der Waals surface area contributed by atoms with Crippen LogP contribution in [0.5, 0.6) is 0 Å². The standard InChI is InChI=1S/C15H16ClFN2/c1-10-4-2-3-5-14(10)19-15(9-18)12-7-6-11(17)8-13(12)16/h2-8,15,19H,9,18H2,1H3. The summed E-state index contributed by atoms with van der Waals surface area (Å²) >= 11 is 6.07. The summed E-state index contributed by atoms with van der Waals surface area (Å²) in [6.07, 6.45) is 0. The van der Waals surface area contributed by atoms with E-state index in [1.165, 1.54) is 12.1 Å². The average molecular weight is 279 g/mol. The van der Waals surface area contributed by atoms with Crippen molar-refractivity contribution < 1.29 is 4.39 Å². The molecule has 0 saturated carbocycles. The van der Waals surface area contributed by atoms with Gasteiger partial charge < -0.3 is 11.1 Å². The molecule has 3 N–H and O–H groups in total. The van der Waals surface area contributed by atoms with Gasteiger partial charge in [-0.15, -0.1) is 0 Å². The molecule has 1 atom stereocenters. The summed E-state index contributed by atoms with van der Waals surface area (Å²) < 4.78 is 13.1. The molecule has 0 fully saturated rings. The maximum Gasteiger partial charge on any atom is 0.124 e. The van der Waals surface area contributed by atoms with Crippen LogP contribution in [-0.2, 0) is 0 Å². The lowest BCUT2D eigenvalue weighted by molar-refractivity contribution is 0.626. The summed E-state index contributed by atoms with van der Waals surface area (Å²) in [5.41, 5.74) is 8.72. The normalized spacial score (nSPS) is 12.2. The third kappa shape index (κ3) is 3.25. The summed E-state index contributed by atoms with van der Waals surface area (Å²) in [5, 5.41) is 3.73. The van der Waals surface area contributed by atoms with E-state index in [2.05, 4.69) is 5.32 Å². The van der Waals surface area contributed by atoms with E-state index in [4.69, 9.17) is 17.3 Å². The number of aryl methyl sites for hydroxylation is 1. The minimum absolute atomic E-state index is 0.144. The van der Waals surface area contributed by atoms with Crippen molar-refractivity contribution in [3.8, 4) is 0 Å². The molecule has 4 heteroatoms. The number of hydrogen-bond acceptors (Lipinski definition) is 2. The SMILES string of the molecule is Cc1ccccc1NC(CN)c1ccc(F)cc1Cl. The predicted octanol–water partition coefficient (Wildman–Crippen LogP) is 3.90. The fourth-order valence-electron chi connectivity index (χ4n) is 1.97. The van der Waals surface area contributed by atoms with Crippen molar-refractivity contribution in [2.24, 2.45) is 5.73 Å². The molecule has 0 radical (unpaired) electrons. The summed E-state index contributed by atoms with van der Waals surface area (Å²) in [5.74, 6) is -0.347. The number of nitrogens with two attached hydrogens (primary N) is 1. The van der Waals surface area contributed by atoms with Crippen molar-refractivity contribution in [1.29, 1.82) is 0 Å². The second kappa shape index (κ2) is 6.04. The summed E-state index contributed by atoms with van der Waals surface area (Å²) in [7, 11) is 0. The number of benzene rings is 2. The number of halogens is 2. The number of para-hydroxylation sites is 1. The van der Waals surface area contributed by atoms with E-state index in [0.717, 1.165) is 16.8 Å². The van der Waals surface area contributed by atoms with Gasteiger partial charge in [-0.2, -0.15) is 0 Å². The van der Waals surface area contributed by atoms with E-state index in [1.807, 2.05) is 31.2 Å². The molecule has 0 heterocycles. The van der Waals surface area contributed by atoms with Gasteiger partial charge in [-0.3, -0.25) is 0 Å². The van der Waals surface area contributed by atoms with E-state index in [-0.39, 0.29) is 11.9 Å². The van der Waals surface area contributed by atoms with Crippen LogP contribution in [0.15, 0.2) is 42.5 Å². The maximum atomic E-state index is 13.1. The van der Waals surface area contributed by atoms with Gasteiger partial charge in [0.2, 0.25) is 0 Å². The first-order valence-electron chi connectivity index (χ1n) is 6.09. The highest BCUT2D eigenvalue weighted by Crippen LogP contribution is 2.27. The number of rotatable bonds is 4. The lowest BCUT2D eigenvalue weighted by Crippen LogP contribution is -2.21. The quantitative estimate of drug-likeness (QED) is 0.890. The van der Waals surface area contributed by atoms with Crippen LogP contribution in [-0.4, -0.2) is 6.54 Å². The highest BCUT2D eigenvalue weighted by Gasteiger charge is 2.14. The lowest BCUT2D eigenvalue weighted by Gasteiger charge is -2.21. The molecule has 0 saturated heterocycles. The molecule has 0 amide bonds. The lowest BCUT2D eigenvalue weighted by atomic mass is 10.1. The third-order valence-corrected chi connectivity index (χ3v) is 3.38. The van der Waals surface area contributed by atoms with Crippen LogP contribution in [0.3, 0.4) is 0 Å². The average Bonchev–Trinajstić information content (AvgIpc) is 2.39. The Hall–Kier alpha value is -1.58. The van der Waals surface area contributed by atoms with Gasteiger partial charge in [0, 0.05) is 17.3 Å². The highest BCUT2D eigenvalue weighted by atomic mass is 35.5. The zero-order valence-electron chi connectivity index (χ0n) is 10.7. The van der Waals surface area contributed by atoms with Crippen molar-refractivity contribution in [2.45, 2.75) is 13.0 Å². The first-order valence-corrected chi connectivity index (χ1v) is 6.47. The van der Waals surface area contributed by atoms with Crippen molar-refractivity contribution in [3.05, 3.63) is 64.4 Å². The first kappa shape index (κ1) is 13.8. The van der Waals surface area contributed by atoms with E-state index in [0.29, 0.717) is 11.6 Å². The molecular weight excluding hydrogens is 263 g/mol. The second-order valence-corrected chi connectivity index (χ2v) is 4.82. The maximum absolute atomic E-state index is 13.1. The molecular formula is C15H16ClFN2. The van der Waals surface area contributed by atoms with Gasteiger partial charge in [0.1, 0.15) is 5.82 Å². The summed E-state index contributed by atoms with van der Waals surface area (Å²) in [4.78, 5) is 0. The molecule has 2 nitrogen and oxygen atoms in total. The number of hydrogen-bond donors (Lipinski definition) is 2. The van der Waals surface area contributed by atoms with Crippen LogP contribution < -0.4 is 11.1 Å². The van der Waals surface area contributed by atoms with Crippen LogP contribution in [0.1, 0.15) is 17.2 Å². The van der Waals surface area contributed by atoms with Crippen molar-refractivity contribution in [2.75, 3.05) is 11.9 Å². The molecule has 0 bridgehead atoms. The highest BCUT2D eigenvalue weighted by molar-refractivity contribution is 6.31. The van der Waals surface area contributed by atoms with Gasteiger partial charge in [0.05, 0.1) is 6.04 Å². The van der Waals surface area contributed by atoms with Gasteiger partial charge >= 0.3 is 0 Å². The molecule has 0 aliphatic carbocycles. The second-order valence-electron chi connectivity index (χ2n) is 4.41. The zero-order valence-corrected chi connectivity index (χ0v) is 11.4.